The van der Waals surface area contributed by atoms with Crippen LogP contribution in [0.2, 0.25) is 0 Å². The van der Waals surface area contributed by atoms with Gasteiger partial charge in [-0.05, 0) is 31.4 Å². The Hall–Kier alpha value is -0.380. The van der Waals surface area contributed by atoms with Gasteiger partial charge in [-0.3, -0.25) is 4.79 Å². The molecule has 1 aromatic rings. The number of hydrogen-bond donors (Lipinski definition) is 0. The number of cyclic esters (lactones) is 1. The highest BCUT2D eigenvalue weighted by Gasteiger charge is 2.41. The fraction of sp³-hybridized carbons (Fsp3) is 0.500. The molecule has 6 heteroatoms. The van der Waals surface area contributed by atoms with Crippen LogP contribution >= 0.6 is 45.2 Å². The number of carbonyl (C=O) groups excluding carboxylic acids is 2. The lowest BCUT2D eigenvalue weighted by atomic mass is 9.93. The van der Waals surface area contributed by atoms with Crippen LogP contribution in [0, 0.1) is 0 Å². The first-order valence-electron chi connectivity index (χ1n) is 7.21. The SMILES string of the molecule is CCOC(=O)C1(I)CCc2ccccc2C(=O)OC(CI)C1. The predicted molar refractivity (Wildman–Crippen MR) is 101 cm³/mol. The molecule has 0 aromatic heterocycles. The smallest absolute Gasteiger partial charge is 0.338 e. The first kappa shape index (κ1) is 18.0. The van der Waals surface area contributed by atoms with E-state index < -0.39 is 3.42 Å². The molecule has 0 fully saturated rings. The molecule has 2 rings (SSSR count). The average molecular weight is 528 g/mol. The van der Waals surface area contributed by atoms with Crippen molar-refractivity contribution >= 4 is 57.1 Å². The van der Waals surface area contributed by atoms with Gasteiger partial charge >= 0.3 is 11.9 Å². The van der Waals surface area contributed by atoms with E-state index in [2.05, 4.69) is 45.2 Å². The topological polar surface area (TPSA) is 52.6 Å². The lowest BCUT2D eigenvalue weighted by molar-refractivity contribution is -0.146. The highest BCUT2D eigenvalue weighted by atomic mass is 127. The van der Waals surface area contributed by atoms with Crippen molar-refractivity contribution < 1.29 is 19.1 Å². The highest BCUT2D eigenvalue weighted by Crippen LogP contribution is 2.35. The summed E-state index contributed by atoms with van der Waals surface area (Å²) in [4.78, 5) is 24.7. The largest absolute Gasteiger partial charge is 0.465 e. The Morgan fingerprint density at radius 1 is 1.45 bits per heavy atom. The number of ether oxygens (including phenoxy) is 2. The van der Waals surface area contributed by atoms with E-state index in [1.165, 1.54) is 0 Å². The van der Waals surface area contributed by atoms with Crippen LogP contribution in [0.3, 0.4) is 0 Å². The molecule has 0 saturated carbocycles. The molecule has 2 unspecified atom stereocenters. The molecule has 1 aliphatic rings. The minimum Gasteiger partial charge on any atom is -0.465 e. The van der Waals surface area contributed by atoms with E-state index in [1.807, 2.05) is 18.2 Å². The number of esters is 2. The summed E-state index contributed by atoms with van der Waals surface area (Å²) in [5.74, 6) is -0.525. The van der Waals surface area contributed by atoms with E-state index in [-0.39, 0.29) is 18.0 Å². The van der Waals surface area contributed by atoms with Gasteiger partial charge in [-0.25, -0.2) is 4.79 Å². The number of halogens is 2. The number of aryl methyl sites for hydroxylation is 1. The van der Waals surface area contributed by atoms with Crippen LogP contribution in [0.5, 0.6) is 0 Å². The standard InChI is InChI=1S/C16H18I2O4/c1-2-21-15(20)16(18)8-7-11-5-3-4-6-13(11)14(19)22-12(9-16)10-17/h3-6,12H,2,7-10H2,1H3. The Kier molecular flexibility index (Phi) is 6.48. The van der Waals surface area contributed by atoms with Gasteiger partial charge in [0, 0.05) is 10.8 Å². The zero-order chi connectivity index (χ0) is 16.2. The molecule has 0 amide bonds. The van der Waals surface area contributed by atoms with Crippen molar-refractivity contribution in [3.8, 4) is 0 Å². The second-order valence-electron chi connectivity index (χ2n) is 5.23. The molecule has 0 saturated heterocycles. The Bertz CT molecular complexity index is 561. The number of rotatable bonds is 3. The van der Waals surface area contributed by atoms with Crippen LogP contribution in [0.15, 0.2) is 24.3 Å². The van der Waals surface area contributed by atoms with Gasteiger partial charge in [-0.2, -0.15) is 0 Å². The van der Waals surface area contributed by atoms with E-state index in [0.717, 1.165) is 5.56 Å². The zero-order valence-corrected chi connectivity index (χ0v) is 16.6. The van der Waals surface area contributed by atoms with E-state index in [0.29, 0.717) is 35.9 Å². The zero-order valence-electron chi connectivity index (χ0n) is 12.3. The molecule has 0 radical (unpaired) electrons. The molecule has 120 valence electrons. The molecule has 1 heterocycles. The Morgan fingerprint density at radius 3 is 2.86 bits per heavy atom. The van der Waals surface area contributed by atoms with Gasteiger partial charge in [0.2, 0.25) is 0 Å². The molecule has 0 bridgehead atoms. The van der Waals surface area contributed by atoms with Crippen molar-refractivity contribution in [3.63, 3.8) is 0 Å². The van der Waals surface area contributed by atoms with E-state index in [4.69, 9.17) is 9.47 Å². The van der Waals surface area contributed by atoms with E-state index in [9.17, 15) is 9.59 Å². The molecule has 22 heavy (non-hydrogen) atoms. The molecular weight excluding hydrogens is 510 g/mol. The summed E-state index contributed by atoms with van der Waals surface area (Å²) in [6.45, 7) is 2.16. The molecular formula is C16H18I2O4. The molecule has 1 aliphatic heterocycles. The van der Waals surface area contributed by atoms with Gasteiger partial charge in [-0.1, -0.05) is 63.4 Å². The quantitative estimate of drug-likeness (QED) is 0.341. The molecule has 4 nitrogen and oxygen atoms in total. The second-order valence-corrected chi connectivity index (χ2v) is 8.17. The summed E-state index contributed by atoms with van der Waals surface area (Å²) < 4.78 is 10.8. The van der Waals surface area contributed by atoms with Crippen LogP contribution in [0.1, 0.15) is 35.7 Å². The minimum absolute atomic E-state index is 0.221. The maximum Gasteiger partial charge on any atom is 0.338 e. The lowest BCUT2D eigenvalue weighted by Crippen LogP contribution is -2.39. The number of carbonyl (C=O) groups is 2. The van der Waals surface area contributed by atoms with E-state index >= 15 is 0 Å². The number of fused-ring (bicyclic) bond motifs is 1. The fourth-order valence-electron chi connectivity index (χ4n) is 2.52. The van der Waals surface area contributed by atoms with Crippen LogP contribution in [-0.4, -0.2) is 32.5 Å². The second kappa shape index (κ2) is 7.94. The highest BCUT2D eigenvalue weighted by molar-refractivity contribution is 14.1. The van der Waals surface area contributed by atoms with E-state index in [1.54, 1.807) is 13.0 Å². The summed E-state index contributed by atoms with van der Waals surface area (Å²) in [5, 5.41) is 0. The fourth-order valence-corrected chi connectivity index (χ4v) is 3.93. The van der Waals surface area contributed by atoms with Gasteiger partial charge in [0.25, 0.3) is 0 Å². The summed E-state index contributed by atoms with van der Waals surface area (Å²) >= 11 is 4.36. The number of hydrogen-bond acceptors (Lipinski definition) is 4. The Labute approximate surface area is 157 Å². The van der Waals surface area contributed by atoms with Gasteiger partial charge in [0.15, 0.2) is 0 Å². The third-order valence-corrected chi connectivity index (χ3v) is 6.07. The van der Waals surface area contributed by atoms with Gasteiger partial charge in [0.05, 0.1) is 12.2 Å². The molecule has 0 N–H and O–H groups in total. The van der Waals surface area contributed by atoms with Crippen molar-refractivity contribution in [2.75, 3.05) is 11.0 Å². The van der Waals surface area contributed by atoms with Crippen molar-refractivity contribution in [1.82, 2.24) is 0 Å². The van der Waals surface area contributed by atoms with Crippen molar-refractivity contribution in [2.24, 2.45) is 0 Å². The van der Waals surface area contributed by atoms with Gasteiger partial charge in [-0.15, -0.1) is 0 Å². The van der Waals surface area contributed by atoms with Gasteiger partial charge in [0.1, 0.15) is 9.53 Å². The Morgan fingerprint density at radius 2 is 2.18 bits per heavy atom. The normalized spacial score (nSPS) is 25.2. The predicted octanol–water partition coefficient (Wildman–Crippen LogP) is 3.72. The van der Waals surface area contributed by atoms with Crippen LogP contribution in [0.25, 0.3) is 0 Å². The Balaban J connectivity index is 2.35. The van der Waals surface area contributed by atoms with Crippen molar-refractivity contribution in [2.45, 2.75) is 35.7 Å². The molecule has 2 atom stereocenters. The molecule has 0 aliphatic carbocycles. The van der Waals surface area contributed by atoms with Crippen LogP contribution in [-0.2, 0) is 20.7 Å². The molecule has 1 aromatic carbocycles. The summed E-state index contributed by atoms with van der Waals surface area (Å²) in [7, 11) is 0. The van der Waals surface area contributed by atoms with Crippen LogP contribution in [0.4, 0.5) is 0 Å². The van der Waals surface area contributed by atoms with Crippen molar-refractivity contribution in [1.29, 1.82) is 0 Å². The third kappa shape index (κ3) is 4.12. The summed E-state index contributed by atoms with van der Waals surface area (Å²) in [6.07, 6.45) is 1.48. The van der Waals surface area contributed by atoms with Crippen LogP contribution < -0.4 is 0 Å². The first-order valence-corrected chi connectivity index (χ1v) is 9.81. The summed E-state index contributed by atoms with van der Waals surface area (Å²) in [6, 6.07) is 7.44. The first-order chi connectivity index (χ1) is 10.5. The number of benzene rings is 1. The minimum atomic E-state index is -0.665. The summed E-state index contributed by atoms with van der Waals surface area (Å²) in [5.41, 5.74) is 1.52. The maximum absolute atomic E-state index is 12.4. The third-order valence-electron chi connectivity index (χ3n) is 3.67. The maximum atomic E-state index is 12.4. The van der Waals surface area contributed by atoms with Gasteiger partial charge < -0.3 is 9.47 Å². The monoisotopic (exact) mass is 528 g/mol. The number of alkyl halides is 2. The average Bonchev–Trinajstić information content (AvgIpc) is 2.57. The lowest BCUT2D eigenvalue weighted by Gasteiger charge is -2.27. The van der Waals surface area contributed by atoms with Crippen molar-refractivity contribution in [3.05, 3.63) is 35.4 Å². The molecule has 0 spiro atoms.